The van der Waals surface area contributed by atoms with Gasteiger partial charge in [-0.25, -0.2) is 4.98 Å². The molecule has 0 saturated carbocycles. The van der Waals surface area contributed by atoms with Gasteiger partial charge in [-0.2, -0.15) is 8.78 Å². The highest BCUT2D eigenvalue weighted by Gasteiger charge is 2.06. The molecule has 0 radical (unpaired) electrons. The maximum absolute atomic E-state index is 12.2. The fourth-order valence-electron chi connectivity index (χ4n) is 1.99. The number of nitrogens with zero attached hydrogens (tertiary/aromatic N) is 2. The van der Waals surface area contributed by atoms with Gasteiger partial charge in [0.15, 0.2) is 5.96 Å². The monoisotopic (exact) mass is 354 g/mol. The van der Waals surface area contributed by atoms with Gasteiger partial charge >= 0.3 is 6.61 Å². The van der Waals surface area contributed by atoms with Crippen molar-refractivity contribution in [3.8, 4) is 5.75 Å². The average molecular weight is 354 g/mol. The number of alkyl halides is 2. The molecule has 0 saturated heterocycles. The summed E-state index contributed by atoms with van der Waals surface area (Å²) in [6.45, 7) is 0.294. The van der Waals surface area contributed by atoms with Gasteiger partial charge in [0.05, 0.1) is 6.54 Å². The zero-order valence-corrected chi connectivity index (χ0v) is 14.4. The van der Waals surface area contributed by atoms with E-state index in [1.54, 1.807) is 30.5 Å². The van der Waals surface area contributed by atoms with Crippen LogP contribution in [0.1, 0.15) is 22.4 Å². The van der Waals surface area contributed by atoms with E-state index < -0.39 is 6.61 Å². The van der Waals surface area contributed by atoms with E-state index in [0.29, 0.717) is 19.0 Å². The molecular formula is C16H20F2N4OS. The molecule has 5 nitrogen and oxygen atoms in total. The van der Waals surface area contributed by atoms with Gasteiger partial charge in [-0.15, -0.1) is 11.3 Å². The lowest BCUT2D eigenvalue weighted by atomic mass is 10.2. The van der Waals surface area contributed by atoms with E-state index in [2.05, 4.69) is 32.3 Å². The van der Waals surface area contributed by atoms with Gasteiger partial charge in [0.1, 0.15) is 10.8 Å². The predicted octanol–water partition coefficient (Wildman–Crippen LogP) is 3.17. The van der Waals surface area contributed by atoms with Crippen LogP contribution < -0.4 is 15.4 Å². The molecule has 0 bridgehead atoms. The number of rotatable bonds is 7. The van der Waals surface area contributed by atoms with Crippen molar-refractivity contribution in [3.63, 3.8) is 0 Å². The molecule has 0 spiro atoms. The van der Waals surface area contributed by atoms with Crippen molar-refractivity contribution in [1.82, 2.24) is 15.6 Å². The first kappa shape index (κ1) is 18.1. The fourth-order valence-corrected chi connectivity index (χ4v) is 2.79. The number of hydrogen-bond acceptors (Lipinski definition) is 4. The molecule has 0 aliphatic rings. The van der Waals surface area contributed by atoms with Crippen LogP contribution in [-0.4, -0.2) is 24.6 Å². The fraction of sp³-hybridized carbons (Fsp3) is 0.375. The van der Waals surface area contributed by atoms with Crippen LogP contribution in [0.3, 0.4) is 0 Å². The van der Waals surface area contributed by atoms with Crippen LogP contribution >= 0.6 is 11.3 Å². The Morgan fingerprint density at radius 2 is 2.12 bits per heavy atom. The quantitative estimate of drug-likeness (QED) is 0.592. The van der Waals surface area contributed by atoms with Crippen molar-refractivity contribution in [3.05, 3.63) is 45.9 Å². The lowest BCUT2D eigenvalue weighted by molar-refractivity contribution is -0.0498. The van der Waals surface area contributed by atoms with Gasteiger partial charge in [-0.05, 0) is 24.1 Å². The van der Waals surface area contributed by atoms with Crippen LogP contribution in [0.5, 0.6) is 5.75 Å². The Hall–Kier alpha value is -2.22. The second-order valence-electron chi connectivity index (χ2n) is 4.88. The first-order chi connectivity index (χ1) is 11.6. The number of halogens is 2. The summed E-state index contributed by atoms with van der Waals surface area (Å²) in [6, 6.07) is 6.57. The van der Waals surface area contributed by atoms with Gasteiger partial charge < -0.3 is 15.4 Å². The lowest BCUT2D eigenvalue weighted by Gasteiger charge is -2.12. The molecule has 8 heteroatoms. The minimum absolute atomic E-state index is 0.141. The molecule has 1 aromatic carbocycles. The molecule has 0 atom stereocenters. The molecule has 1 heterocycles. The number of hydrogen-bond donors (Lipinski definition) is 2. The molecule has 0 unspecified atom stereocenters. The zero-order valence-electron chi connectivity index (χ0n) is 13.6. The lowest BCUT2D eigenvalue weighted by Crippen LogP contribution is -2.36. The molecule has 2 aromatic rings. The van der Waals surface area contributed by atoms with Crippen LogP contribution in [0.2, 0.25) is 0 Å². The van der Waals surface area contributed by atoms with E-state index in [1.165, 1.54) is 10.9 Å². The van der Waals surface area contributed by atoms with Gasteiger partial charge in [0.2, 0.25) is 0 Å². The van der Waals surface area contributed by atoms with Crippen LogP contribution in [0.15, 0.2) is 35.5 Å². The number of benzene rings is 1. The maximum atomic E-state index is 12.2. The second kappa shape index (κ2) is 9.17. The highest BCUT2D eigenvalue weighted by Crippen LogP contribution is 2.16. The molecule has 130 valence electrons. The Bertz CT molecular complexity index is 676. The molecular weight excluding hydrogens is 334 g/mol. The van der Waals surface area contributed by atoms with E-state index in [1.807, 2.05) is 12.3 Å². The number of ether oxygens (including phenoxy) is 1. The zero-order chi connectivity index (χ0) is 17.4. The van der Waals surface area contributed by atoms with Gasteiger partial charge in [-0.1, -0.05) is 19.1 Å². The highest BCUT2D eigenvalue weighted by atomic mass is 32.1. The summed E-state index contributed by atoms with van der Waals surface area (Å²) >= 11 is 1.66. The number of thiazole rings is 1. The SMILES string of the molecule is CCc1cnc(CNC(=NC)NCc2cccc(OC(F)F)c2)s1. The molecule has 0 aliphatic heterocycles. The van der Waals surface area contributed by atoms with Crippen molar-refractivity contribution in [2.45, 2.75) is 33.0 Å². The Morgan fingerprint density at radius 3 is 2.79 bits per heavy atom. The smallest absolute Gasteiger partial charge is 0.387 e. The summed E-state index contributed by atoms with van der Waals surface area (Å²) in [5.41, 5.74) is 0.818. The van der Waals surface area contributed by atoms with E-state index in [9.17, 15) is 8.78 Å². The molecule has 1 aromatic heterocycles. The molecule has 24 heavy (non-hydrogen) atoms. The summed E-state index contributed by atoms with van der Waals surface area (Å²) in [5, 5.41) is 7.29. The third-order valence-corrected chi connectivity index (χ3v) is 4.31. The Balaban J connectivity index is 1.85. The van der Waals surface area contributed by atoms with Crippen LogP contribution in [0.25, 0.3) is 0 Å². The van der Waals surface area contributed by atoms with Crippen molar-refractivity contribution in [2.75, 3.05) is 7.05 Å². The summed E-state index contributed by atoms with van der Waals surface area (Å²) in [5.74, 6) is 0.755. The Labute approximate surface area is 143 Å². The molecule has 2 N–H and O–H groups in total. The van der Waals surface area contributed by atoms with Crippen molar-refractivity contribution < 1.29 is 13.5 Å². The van der Waals surface area contributed by atoms with Gasteiger partial charge in [0.25, 0.3) is 0 Å². The number of aliphatic imine (C=N–C) groups is 1. The number of aryl methyl sites for hydroxylation is 1. The predicted molar refractivity (Wildman–Crippen MR) is 91.6 cm³/mol. The third-order valence-electron chi connectivity index (χ3n) is 3.16. The second-order valence-corrected chi connectivity index (χ2v) is 6.08. The van der Waals surface area contributed by atoms with Crippen molar-refractivity contribution in [1.29, 1.82) is 0 Å². The first-order valence-corrected chi connectivity index (χ1v) is 8.34. The van der Waals surface area contributed by atoms with Gasteiger partial charge in [-0.3, -0.25) is 4.99 Å². The summed E-state index contributed by atoms with van der Waals surface area (Å²) in [7, 11) is 1.67. The van der Waals surface area contributed by atoms with Crippen LogP contribution in [0.4, 0.5) is 8.78 Å². The Morgan fingerprint density at radius 1 is 1.33 bits per heavy atom. The average Bonchev–Trinajstić information content (AvgIpc) is 3.03. The highest BCUT2D eigenvalue weighted by molar-refractivity contribution is 7.11. The van der Waals surface area contributed by atoms with Gasteiger partial charge in [0, 0.05) is 24.7 Å². The normalized spacial score (nSPS) is 11.6. The van der Waals surface area contributed by atoms with Crippen LogP contribution in [0, 0.1) is 0 Å². The first-order valence-electron chi connectivity index (χ1n) is 7.52. The minimum atomic E-state index is -2.83. The molecule has 2 rings (SSSR count). The van der Waals surface area contributed by atoms with Crippen molar-refractivity contribution >= 4 is 17.3 Å². The number of nitrogens with one attached hydrogen (secondary N) is 2. The number of aromatic nitrogens is 1. The molecule has 0 aliphatic carbocycles. The van der Waals surface area contributed by atoms with E-state index in [-0.39, 0.29) is 5.75 Å². The minimum Gasteiger partial charge on any atom is -0.435 e. The third kappa shape index (κ3) is 5.77. The summed E-state index contributed by atoms with van der Waals surface area (Å²) in [4.78, 5) is 9.71. The molecule has 0 fully saturated rings. The van der Waals surface area contributed by atoms with E-state index >= 15 is 0 Å². The van der Waals surface area contributed by atoms with Crippen LogP contribution in [-0.2, 0) is 19.5 Å². The summed E-state index contributed by atoms with van der Waals surface area (Å²) in [6.07, 6.45) is 2.86. The van der Waals surface area contributed by atoms with E-state index in [0.717, 1.165) is 17.0 Å². The standard InChI is InChI=1S/C16H20F2N4OS/c1-3-13-9-20-14(24-13)10-22-16(19-2)21-8-11-5-4-6-12(7-11)23-15(17)18/h4-7,9,15H,3,8,10H2,1-2H3,(H2,19,21,22). The number of guanidine groups is 1. The maximum Gasteiger partial charge on any atom is 0.387 e. The summed E-state index contributed by atoms with van der Waals surface area (Å²) < 4.78 is 28.9. The van der Waals surface area contributed by atoms with E-state index in [4.69, 9.17) is 0 Å². The molecule has 0 amide bonds. The topological polar surface area (TPSA) is 58.5 Å². The Kier molecular flexibility index (Phi) is 6.92. The largest absolute Gasteiger partial charge is 0.435 e. The van der Waals surface area contributed by atoms with Crippen molar-refractivity contribution in [2.24, 2.45) is 4.99 Å².